The average Bonchev–Trinajstić information content (AvgIpc) is 3.09. The summed E-state index contributed by atoms with van der Waals surface area (Å²) in [4.78, 5) is 2.59. The van der Waals surface area contributed by atoms with Crippen LogP contribution in [-0.2, 0) is 16.6 Å². The molecule has 0 saturated carbocycles. The van der Waals surface area contributed by atoms with Crippen molar-refractivity contribution in [2.24, 2.45) is 0 Å². The number of nitrogens with zero attached hydrogens (tertiary/aromatic N) is 4. The maximum atomic E-state index is 13.5. The number of piperazine rings is 1. The summed E-state index contributed by atoms with van der Waals surface area (Å²) in [7, 11) is -1.95. The highest BCUT2D eigenvalue weighted by atomic mass is 32.2. The molecule has 3 aromatic rings. The van der Waals surface area contributed by atoms with E-state index in [0.717, 1.165) is 23.5 Å². The lowest BCUT2D eigenvalue weighted by Gasteiger charge is -2.34. The Morgan fingerprint density at radius 1 is 0.968 bits per heavy atom. The first-order valence-corrected chi connectivity index (χ1v) is 11.8. The van der Waals surface area contributed by atoms with Crippen LogP contribution in [0.25, 0.3) is 5.69 Å². The molecule has 2 aromatic carbocycles. The van der Waals surface area contributed by atoms with Gasteiger partial charge in [0.05, 0.1) is 24.2 Å². The van der Waals surface area contributed by atoms with Gasteiger partial charge < -0.3 is 4.74 Å². The summed E-state index contributed by atoms with van der Waals surface area (Å²) in [6.07, 6.45) is 0. The molecule has 1 saturated heterocycles. The number of sulfonamides is 1. The minimum absolute atomic E-state index is 0.317. The zero-order valence-corrected chi connectivity index (χ0v) is 19.0. The maximum absolute atomic E-state index is 13.5. The predicted octanol–water partition coefficient (Wildman–Crippen LogP) is 3.00. The van der Waals surface area contributed by atoms with Crippen LogP contribution >= 0.6 is 0 Å². The van der Waals surface area contributed by atoms with Crippen LogP contribution < -0.4 is 4.74 Å². The van der Waals surface area contributed by atoms with Crippen LogP contribution in [0.3, 0.4) is 0 Å². The number of methoxy groups -OCH3 is 1. The molecule has 0 radical (unpaired) electrons. The van der Waals surface area contributed by atoms with Gasteiger partial charge in [-0.1, -0.05) is 30.3 Å². The van der Waals surface area contributed by atoms with Crippen molar-refractivity contribution in [1.29, 1.82) is 0 Å². The van der Waals surface area contributed by atoms with Crippen molar-refractivity contribution in [2.75, 3.05) is 33.3 Å². The Bertz CT molecular complexity index is 1150. The molecular formula is C23H28N4O3S. The van der Waals surface area contributed by atoms with Crippen molar-refractivity contribution in [3.8, 4) is 11.4 Å². The number of ether oxygens (including phenoxy) is 1. The number of benzene rings is 2. The number of rotatable bonds is 6. The lowest BCUT2D eigenvalue weighted by Crippen LogP contribution is -2.48. The second-order valence-corrected chi connectivity index (χ2v) is 9.65. The predicted molar refractivity (Wildman–Crippen MR) is 120 cm³/mol. The Hall–Kier alpha value is -2.68. The van der Waals surface area contributed by atoms with Crippen molar-refractivity contribution in [2.45, 2.75) is 25.3 Å². The number of aromatic nitrogens is 2. The number of hydrogen-bond donors (Lipinski definition) is 0. The van der Waals surface area contributed by atoms with Crippen molar-refractivity contribution in [3.63, 3.8) is 0 Å². The van der Waals surface area contributed by atoms with Crippen LogP contribution in [0, 0.1) is 13.8 Å². The van der Waals surface area contributed by atoms with Crippen LogP contribution in [-0.4, -0.2) is 60.7 Å². The molecule has 4 rings (SSSR count). The molecule has 0 aliphatic carbocycles. The van der Waals surface area contributed by atoms with E-state index in [0.29, 0.717) is 42.5 Å². The molecular weight excluding hydrogens is 412 g/mol. The maximum Gasteiger partial charge on any atom is 0.246 e. The van der Waals surface area contributed by atoms with E-state index in [-0.39, 0.29) is 0 Å². The molecule has 8 heteroatoms. The quantitative estimate of drug-likeness (QED) is 0.590. The standard InChI is InChI=1S/C23H28N4O3S/c1-18-23(19(2)27(24-18)21-9-5-4-6-10-21)31(28,29)26-14-12-25(13-15-26)17-20-8-7-11-22(16-20)30-3/h4-11,16H,12-15,17H2,1-3H3. The van der Waals surface area contributed by atoms with Crippen LogP contribution in [0.2, 0.25) is 0 Å². The molecule has 1 aliphatic rings. The molecule has 1 aliphatic heterocycles. The molecule has 164 valence electrons. The molecule has 0 N–H and O–H groups in total. The van der Waals surface area contributed by atoms with Gasteiger partial charge in [0.15, 0.2) is 0 Å². The summed E-state index contributed by atoms with van der Waals surface area (Å²) in [6.45, 7) is 6.64. The fraction of sp³-hybridized carbons (Fsp3) is 0.348. The van der Waals surface area contributed by atoms with Gasteiger partial charge in [-0.05, 0) is 43.7 Å². The highest BCUT2D eigenvalue weighted by molar-refractivity contribution is 7.89. The van der Waals surface area contributed by atoms with E-state index in [9.17, 15) is 8.42 Å². The molecule has 7 nitrogen and oxygen atoms in total. The minimum Gasteiger partial charge on any atom is -0.497 e. The zero-order chi connectivity index (χ0) is 22.0. The Labute approximate surface area is 183 Å². The molecule has 0 unspecified atom stereocenters. The van der Waals surface area contributed by atoms with Crippen molar-refractivity contribution in [3.05, 3.63) is 71.5 Å². The molecule has 1 aromatic heterocycles. The van der Waals surface area contributed by atoms with Crippen LogP contribution in [0.1, 0.15) is 17.0 Å². The molecule has 31 heavy (non-hydrogen) atoms. The smallest absolute Gasteiger partial charge is 0.246 e. The van der Waals surface area contributed by atoms with Crippen molar-refractivity contribution >= 4 is 10.0 Å². The van der Waals surface area contributed by atoms with E-state index in [4.69, 9.17) is 4.74 Å². The van der Waals surface area contributed by atoms with Gasteiger partial charge >= 0.3 is 0 Å². The molecule has 2 heterocycles. The average molecular weight is 441 g/mol. The van der Waals surface area contributed by atoms with E-state index in [2.05, 4.69) is 16.1 Å². The van der Waals surface area contributed by atoms with Gasteiger partial charge in [-0.3, -0.25) is 4.90 Å². The summed E-state index contributed by atoms with van der Waals surface area (Å²) in [5, 5.41) is 4.52. The Morgan fingerprint density at radius 2 is 1.68 bits per heavy atom. The lowest BCUT2D eigenvalue weighted by molar-refractivity contribution is 0.181. The van der Waals surface area contributed by atoms with E-state index in [1.54, 1.807) is 23.0 Å². The topological polar surface area (TPSA) is 67.7 Å². The molecule has 1 fully saturated rings. The second-order valence-electron chi connectivity index (χ2n) is 7.78. The normalized spacial score (nSPS) is 15.8. The molecule has 0 atom stereocenters. The van der Waals surface area contributed by atoms with Gasteiger partial charge in [0, 0.05) is 32.7 Å². The van der Waals surface area contributed by atoms with Gasteiger partial charge in [-0.2, -0.15) is 9.40 Å². The summed E-state index contributed by atoms with van der Waals surface area (Å²) >= 11 is 0. The van der Waals surface area contributed by atoms with Crippen molar-refractivity contribution in [1.82, 2.24) is 19.0 Å². The van der Waals surface area contributed by atoms with Gasteiger partial charge in [0.2, 0.25) is 10.0 Å². The Kier molecular flexibility index (Phi) is 6.13. The van der Waals surface area contributed by atoms with Gasteiger partial charge in [0.25, 0.3) is 0 Å². The zero-order valence-electron chi connectivity index (χ0n) is 18.2. The van der Waals surface area contributed by atoms with E-state index < -0.39 is 10.0 Å². The van der Waals surface area contributed by atoms with E-state index in [1.807, 2.05) is 55.5 Å². The second kappa shape index (κ2) is 8.82. The third-order valence-corrected chi connectivity index (χ3v) is 7.85. The van der Waals surface area contributed by atoms with Gasteiger partial charge in [0.1, 0.15) is 10.6 Å². The lowest BCUT2D eigenvalue weighted by atomic mass is 10.2. The number of aryl methyl sites for hydroxylation is 1. The summed E-state index contributed by atoms with van der Waals surface area (Å²) in [6, 6.07) is 17.6. The molecule has 0 bridgehead atoms. The van der Waals surface area contributed by atoms with Crippen molar-refractivity contribution < 1.29 is 13.2 Å². The largest absolute Gasteiger partial charge is 0.497 e. The fourth-order valence-electron chi connectivity index (χ4n) is 4.11. The van der Waals surface area contributed by atoms with Crippen LogP contribution in [0.15, 0.2) is 59.5 Å². The van der Waals surface area contributed by atoms with Crippen LogP contribution in [0.4, 0.5) is 0 Å². The molecule has 0 spiro atoms. The fourth-order valence-corrected chi connectivity index (χ4v) is 5.88. The van der Waals surface area contributed by atoms with Gasteiger partial charge in [-0.25, -0.2) is 13.1 Å². The summed E-state index contributed by atoms with van der Waals surface area (Å²) in [5.74, 6) is 0.833. The first-order chi connectivity index (χ1) is 14.9. The molecule has 0 amide bonds. The van der Waals surface area contributed by atoms with E-state index >= 15 is 0 Å². The first kappa shape index (κ1) is 21.5. The minimum atomic E-state index is -3.61. The highest BCUT2D eigenvalue weighted by Crippen LogP contribution is 2.27. The third kappa shape index (κ3) is 4.37. The monoisotopic (exact) mass is 440 g/mol. The summed E-state index contributed by atoms with van der Waals surface area (Å²) < 4.78 is 35.5. The number of para-hydroxylation sites is 1. The first-order valence-electron chi connectivity index (χ1n) is 10.4. The Morgan fingerprint density at radius 3 is 2.35 bits per heavy atom. The van der Waals surface area contributed by atoms with Gasteiger partial charge in [-0.15, -0.1) is 0 Å². The summed E-state index contributed by atoms with van der Waals surface area (Å²) in [5.41, 5.74) is 3.18. The highest BCUT2D eigenvalue weighted by Gasteiger charge is 2.33. The number of hydrogen-bond acceptors (Lipinski definition) is 5. The third-order valence-electron chi connectivity index (χ3n) is 5.70. The van der Waals surface area contributed by atoms with Crippen LogP contribution in [0.5, 0.6) is 5.75 Å². The Balaban J connectivity index is 1.49. The SMILES string of the molecule is COc1cccc(CN2CCN(S(=O)(=O)c3c(C)nn(-c4ccccc4)c3C)CC2)c1. The van der Waals surface area contributed by atoms with E-state index in [1.165, 1.54) is 0 Å².